The van der Waals surface area contributed by atoms with Crippen molar-refractivity contribution in [3.05, 3.63) is 84.1 Å². The molecule has 0 aliphatic carbocycles. The highest BCUT2D eigenvalue weighted by molar-refractivity contribution is 5.86. The third-order valence-corrected chi connectivity index (χ3v) is 5.36. The molecule has 2 N–H and O–H groups in total. The van der Waals surface area contributed by atoms with Gasteiger partial charge in [0, 0.05) is 29.9 Å². The maximum absolute atomic E-state index is 5.62. The number of aromatic nitrogens is 1. The average Bonchev–Trinajstić information content (AvgIpc) is 3.25. The second-order valence-corrected chi connectivity index (χ2v) is 7.19. The van der Waals surface area contributed by atoms with Gasteiger partial charge in [-0.2, -0.15) is 0 Å². The number of H-pyrrole nitrogens is 1. The summed E-state index contributed by atoms with van der Waals surface area (Å²) in [5, 5.41) is 4.80. The van der Waals surface area contributed by atoms with E-state index < -0.39 is 0 Å². The normalized spacial score (nSPS) is 12.1. The fourth-order valence-electron chi connectivity index (χ4n) is 3.59. The minimum atomic E-state index is 0.239. The smallest absolute Gasteiger partial charge is 0.126 e. The van der Waals surface area contributed by atoms with E-state index in [1.54, 1.807) is 14.2 Å². The number of methoxy groups -OCH3 is 2. The number of hydrogen-bond donors (Lipinski definition) is 2. The molecule has 0 fully saturated rings. The Morgan fingerprint density at radius 2 is 1.72 bits per heavy atom. The first-order valence-electron chi connectivity index (χ1n) is 9.79. The van der Waals surface area contributed by atoms with Crippen molar-refractivity contribution in [1.29, 1.82) is 0 Å². The van der Waals surface area contributed by atoms with Gasteiger partial charge in [-0.15, -0.1) is 0 Å². The summed E-state index contributed by atoms with van der Waals surface area (Å²) >= 11 is 0. The first-order chi connectivity index (χ1) is 14.2. The van der Waals surface area contributed by atoms with Crippen molar-refractivity contribution in [3.8, 4) is 22.6 Å². The fourth-order valence-corrected chi connectivity index (χ4v) is 3.59. The molecule has 0 bridgehead atoms. The van der Waals surface area contributed by atoms with Crippen LogP contribution in [0.4, 0.5) is 0 Å². The third kappa shape index (κ3) is 4.13. The molecule has 4 heteroatoms. The van der Waals surface area contributed by atoms with Gasteiger partial charge in [-0.1, -0.05) is 24.3 Å². The van der Waals surface area contributed by atoms with Crippen LogP contribution in [0.2, 0.25) is 0 Å². The van der Waals surface area contributed by atoms with Crippen LogP contribution in [0, 0.1) is 0 Å². The Labute approximate surface area is 171 Å². The molecular formula is C25H26N2O2. The summed E-state index contributed by atoms with van der Waals surface area (Å²) in [4.78, 5) is 3.24. The molecule has 0 radical (unpaired) electrons. The number of fused-ring (bicyclic) bond motifs is 1. The Bertz CT molecular complexity index is 1100. The van der Waals surface area contributed by atoms with Crippen molar-refractivity contribution in [2.45, 2.75) is 19.5 Å². The summed E-state index contributed by atoms with van der Waals surface area (Å²) < 4.78 is 10.9. The summed E-state index contributed by atoms with van der Waals surface area (Å²) in [6.45, 7) is 2.95. The van der Waals surface area contributed by atoms with Crippen LogP contribution in [0.1, 0.15) is 24.1 Å². The van der Waals surface area contributed by atoms with Crippen molar-refractivity contribution in [2.75, 3.05) is 14.2 Å². The van der Waals surface area contributed by atoms with Crippen molar-refractivity contribution >= 4 is 10.9 Å². The zero-order valence-electron chi connectivity index (χ0n) is 17.0. The predicted molar refractivity (Wildman–Crippen MR) is 119 cm³/mol. The zero-order chi connectivity index (χ0) is 20.2. The number of nitrogens with one attached hydrogen (secondary N) is 2. The van der Waals surface area contributed by atoms with Crippen LogP contribution in [-0.2, 0) is 6.54 Å². The first kappa shape index (κ1) is 19.1. The van der Waals surface area contributed by atoms with Crippen LogP contribution < -0.4 is 14.8 Å². The number of aromatic amines is 1. The summed E-state index contributed by atoms with van der Waals surface area (Å²) in [6, 6.07) is 23.3. The van der Waals surface area contributed by atoms with Crippen molar-refractivity contribution in [2.24, 2.45) is 0 Å². The molecule has 1 aromatic heterocycles. The van der Waals surface area contributed by atoms with Crippen LogP contribution in [0.15, 0.2) is 72.9 Å². The minimum absolute atomic E-state index is 0.239. The third-order valence-electron chi connectivity index (χ3n) is 5.36. The molecule has 148 valence electrons. The second kappa shape index (κ2) is 8.41. The maximum atomic E-state index is 5.62. The predicted octanol–water partition coefficient (Wildman–Crippen LogP) is 5.70. The first-order valence-corrected chi connectivity index (χ1v) is 9.79. The molecule has 0 saturated carbocycles. The SMILES string of the molecule is COc1ccc([C@@H](C)NCc2ccc(OC)c(-c3ccc4[nH]ccc4c3)c2)cc1. The van der Waals surface area contributed by atoms with Crippen LogP contribution in [0.25, 0.3) is 22.0 Å². The topological polar surface area (TPSA) is 46.3 Å². The molecule has 0 spiro atoms. The Kier molecular flexibility index (Phi) is 5.54. The molecular weight excluding hydrogens is 360 g/mol. The van der Waals surface area contributed by atoms with Gasteiger partial charge in [-0.25, -0.2) is 0 Å². The standard InChI is InChI=1S/C25H26N2O2/c1-17(19-5-8-22(28-2)9-6-19)27-16-18-4-11-25(29-3)23(14-18)20-7-10-24-21(15-20)12-13-26-24/h4-15,17,26-27H,16H2,1-3H3/t17-/m1/s1. The Balaban J connectivity index is 1.54. The van der Waals surface area contributed by atoms with Gasteiger partial charge in [0.25, 0.3) is 0 Å². The van der Waals surface area contributed by atoms with E-state index in [0.29, 0.717) is 0 Å². The highest BCUT2D eigenvalue weighted by atomic mass is 16.5. The molecule has 0 unspecified atom stereocenters. The highest BCUT2D eigenvalue weighted by Crippen LogP contribution is 2.33. The van der Waals surface area contributed by atoms with Gasteiger partial charge in [0.05, 0.1) is 14.2 Å². The van der Waals surface area contributed by atoms with Gasteiger partial charge in [0.15, 0.2) is 0 Å². The Hall–Kier alpha value is -3.24. The van der Waals surface area contributed by atoms with Crippen LogP contribution >= 0.6 is 0 Å². The van der Waals surface area contributed by atoms with Crippen molar-refractivity contribution < 1.29 is 9.47 Å². The lowest BCUT2D eigenvalue weighted by molar-refractivity contribution is 0.414. The molecule has 0 aliphatic rings. The van der Waals surface area contributed by atoms with Crippen LogP contribution in [0.5, 0.6) is 11.5 Å². The lowest BCUT2D eigenvalue weighted by atomic mass is 10.00. The quantitative estimate of drug-likeness (QED) is 0.428. The molecule has 1 heterocycles. The van der Waals surface area contributed by atoms with E-state index >= 15 is 0 Å². The minimum Gasteiger partial charge on any atom is -0.497 e. The average molecular weight is 386 g/mol. The summed E-state index contributed by atoms with van der Waals surface area (Å²) in [5.74, 6) is 1.76. The van der Waals surface area contributed by atoms with E-state index in [9.17, 15) is 0 Å². The number of ether oxygens (including phenoxy) is 2. The summed E-state index contributed by atoms with van der Waals surface area (Å²) in [5.41, 5.74) is 5.85. The molecule has 4 aromatic rings. The highest BCUT2D eigenvalue weighted by Gasteiger charge is 2.10. The van der Waals surface area contributed by atoms with Gasteiger partial charge < -0.3 is 19.8 Å². The molecule has 1 atom stereocenters. The maximum Gasteiger partial charge on any atom is 0.126 e. The summed E-state index contributed by atoms with van der Waals surface area (Å²) in [7, 11) is 3.41. The van der Waals surface area contributed by atoms with E-state index in [1.165, 1.54) is 16.5 Å². The molecule has 4 nitrogen and oxygen atoms in total. The Morgan fingerprint density at radius 1 is 0.897 bits per heavy atom. The molecule has 3 aromatic carbocycles. The van der Waals surface area contributed by atoms with Crippen LogP contribution in [0.3, 0.4) is 0 Å². The molecule has 29 heavy (non-hydrogen) atoms. The zero-order valence-corrected chi connectivity index (χ0v) is 17.0. The molecule has 0 aliphatic heterocycles. The second-order valence-electron chi connectivity index (χ2n) is 7.19. The van der Waals surface area contributed by atoms with Gasteiger partial charge in [-0.3, -0.25) is 0 Å². The van der Waals surface area contributed by atoms with E-state index in [4.69, 9.17) is 9.47 Å². The van der Waals surface area contributed by atoms with Gasteiger partial charge >= 0.3 is 0 Å². The molecule has 4 rings (SSSR count). The Morgan fingerprint density at radius 3 is 2.48 bits per heavy atom. The van der Waals surface area contributed by atoms with Crippen LogP contribution in [-0.4, -0.2) is 19.2 Å². The number of rotatable bonds is 7. The lowest BCUT2D eigenvalue weighted by Gasteiger charge is -2.16. The number of benzene rings is 3. The molecule has 0 amide bonds. The lowest BCUT2D eigenvalue weighted by Crippen LogP contribution is -2.18. The van der Waals surface area contributed by atoms with Gasteiger partial charge in [0.2, 0.25) is 0 Å². The van der Waals surface area contributed by atoms with Crippen molar-refractivity contribution in [3.63, 3.8) is 0 Å². The summed E-state index contributed by atoms with van der Waals surface area (Å²) in [6.07, 6.45) is 1.96. The largest absolute Gasteiger partial charge is 0.497 e. The van der Waals surface area contributed by atoms with E-state index in [0.717, 1.165) is 34.7 Å². The van der Waals surface area contributed by atoms with Gasteiger partial charge in [-0.05, 0) is 71.5 Å². The molecule has 0 saturated heterocycles. The van der Waals surface area contributed by atoms with E-state index in [-0.39, 0.29) is 6.04 Å². The van der Waals surface area contributed by atoms with E-state index in [2.05, 4.69) is 65.8 Å². The number of hydrogen-bond acceptors (Lipinski definition) is 3. The fraction of sp³-hybridized carbons (Fsp3) is 0.200. The van der Waals surface area contributed by atoms with Crippen molar-refractivity contribution in [1.82, 2.24) is 10.3 Å². The van der Waals surface area contributed by atoms with Gasteiger partial charge in [0.1, 0.15) is 11.5 Å². The van der Waals surface area contributed by atoms with E-state index in [1.807, 2.05) is 24.4 Å². The monoisotopic (exact) mass is 386 g/mol.